The maximum Gasteiger partial charge on any atom is 0.325 e. The van der Waals surface area contributed by atoms with Gasteiger partial charge in [-0.2, -0.15) is 0 Å². The fourth-order valence-electron chi connectivity index (χ4n) is 6.64. The summed E-state index contributed by atoms with van der Waals surface area (Å²) in [7, 11) is 3.17. The van der Waals surface area contributed by atoms with Crippen molar-refractivity contribution in [2.24, 2.45) is 0 Å². The van der Waals surface area contributed by atoms with Crippen LogP contribution in [0, 0.1) is 13.8 Å². The number of aromatic nitrogens is 2. The van der Waals surface area contributed by atoms with Gasteiger partial charge in [0.1, 0.15) is 17.4 Å². The molecule has 6 rings (SSSR count). The van der Waals surface area contributed by atoms with Gasteiger partial charge in [0.25, 0.3) is 11.8 Å². The smallest absolute Gasteiger partial charge is 0.325 e. The summed E-state index contributed by atoms with van der Waals surface area (Å²) in [5.74, 6) is -0.492. The lowest BCUT2D eigenvalue weighted by atomic mass is 9.94. The van der Waals surface area contributed by atoms with Gasteiger partial charge in [0.05, 0.1) is 13.2 Å². The van der Waals surface area contributed by atoms with Crippen LogP contribution in [0.1, 0.15) is 105 Å². The van der Waals surface area contributed by atoms with Crippen molar-refractivity contribution >= 4 is 29.2 Å². The van der Waals surface area contributed by atoms with Gasteiger partial charge in [-0.15, -0.1) is 0 Å². The number of pyridine rings is 2. The number of benzene rings is 2. The first-order valence-corrected chi connectivity index (χ1v) is 18.0. The molecule has 2 heterocycles. The van der Waals surface area contributed by atoms with E-state index in [0.29, 0.717) is 35.4 Å². The quantitative estimate of drug-likeness (QED) is 0.0761. The van der Waals surface area contributed by atoms with Crippen LogP contribution in [0.3, 0.4) is 0 Å². The van der Waals surface area contributed by atoms with E-state index in [2.05, 4.69) is 25.9 Å². The Bertz CT molecular complexity index is 1990. The van der Waals surface area contributed by atoms with Gasteiger partial charge < -0.3 is 30.0 Å². The summed E-state index contributed by atoms with van der Waals surface area (Å²) in [5.41, 5.74) is 9.20. The highest BCUT2D eigenvalue weighted by Crippen LogP contribution is 2.44. The molecule has 53 heavy (non-hydrogen) atoms. The second-order valence-corrected chi connectivity index (χ2v) is 13.6. The standard InChI is InChI=1S/C41H47N5O7/c1-6-53-40(50)37(22-47)43-20-27-19-42-35(17-30(27)25-13-14-25)38(48)45-33-11-7-9-28(23(33)2)29-10-8-12-34(24(29)3)46-39(49)36-18-31(26-15-16-26)32(21-44-36)41(51-4)52-5/h7-12,17-19,21,25-26,37,41,43,47H,6,13-16,20,22H2,1-5H3,(H,45,48)(H,46,49)/t37-/m1/s1. The van der Waals surface area contributed by atoms with E-state index in [1.54, 1.807) is 33.5 Å². The van der Waals surface area contributed by atoms with Crippen LogP contribution in [-0.4, -0.2) is 66.3 Å². The molecule has 0 unspecified atom stereocenters. The third-order valence-electron chi connectivity index (χ3n) is 9.92. The molecule has 0 spiro atoms. The van der Waals surface area contributed by atoms with Gasteiger partial charge in [0.2, 0.25) is 0 Å². The van der Waals surface area contributed by atoms with E-state index in [1.165, 1.54) is 0 Å². The normalized spacial score (nSPS) is 14.5. The van der Waals surface area contributed by atoms with Crippen molar-refractivity contribution in [3.8, 4) is 11.1 Å². The second kappa shape index (κ2) is 16.8. The summed E-state index contributed by atoms with van der Waals surface area (Å²) in [5, 5.41) is 18.8. The van der Waals surface area contributed by atoms with Gasteiger partial charge in [-0.3, -0.25) is 29.7 Å². The van der Waals surface area contributed by atoms with Gasteiger partial charge in [0, 0.05) is 50.1 Å². The van der Waals surface area contributed by atoms with Crippen molar-refractivity contribution in [3.05, 3.63) is 106 Å². The zero-order valence-corrected chi connectivity index (χ0v) is 30.8. The highest BCUT2D eigenvalue weighted by atomic mass is 16.7. The fraction of sp³-hybridized carbons (Fsp3) is 0.390. The number of methoxy groups -OCH3 is 2. The molecule has 2 amide bonds. The summed E-state index contributed by atoms with van der Waals surface area (Å²) in [6.07, 6.45) is 6.89. The predicted molar refractivity (Wildman–Crippen MR) is 201 cm³/mol. The highest BCUT2D eigenvalue weighted by molar-refractivity contribution is 6.05. The highest BCUT2D eigenvalue weighted by Gasteiger charge is 2.31. The number of hydrogen-bond acceptors (Lipinski definition) is 10. The monoisotopic (exact) mass is 721 g/mol. The maximum atomic E-state index is 13.6. The summed E-state index contributed by atoms with van der Waals surface area (Å²) >= 11 is 0. The number of carbonyl (C=O) groups is 3. The van der Waals surface area contributed by atoms with E-state index in [4.69, 9.17) is 14.2 Å². The van der Waals surface area contributed by atoms with Gasteiger partial charge in [0.15, 0.2) is 6.29 Å². The topological polar surface area (TPSA) is 161 Å². The van der Waals surface area contributed by atoms with Gasteiger partial charge in [-0.05, 0) is 121 Å². The van der Waals surface area contributed by atoms with Crippen LogP contribution < -0.4 is 16.0 Å². The van der Waals surface area contributed by atoms with Crippen molar-refractivity contribution in [3.63, 3.8) is 0 Å². The van der Waals surface area contributed by atoms with E-state index >= 15 is 0 Å². The first kappa shape index (κ1) is 37.7. The number of hydrogen-bond donors (Lipinski definition) is 4. The Hall–Kier alpha value is -5.01. The minimum atomic E-state index is -0.846. The molecule has 2 aromatic heterocycles. The largest absolute Gasteiger partial charge is 0.465 e. The zero-order valence-electron chi connectivity index (χ0n) is 30.8. The van der Waals surface area contributed by atoms with Crippen LogP contribution in [0.25, 0.3) is 11.1 Å². The molecular weight excluding hydrogens is 674 g/mol. The van der Waals surface area contributed by atoms with Crippen LogP contribution in [0.4, 0.5) is 11.4 Å². The molecule has 278 valence electrons. The minimum Gasteiger partial charge on any atom is -0.465 e. The Kier molecular flexibility index (Phi) is 11.9. The number of anilines is 2. The number of nitrogens with zero attached hydrogens (tertiary/aromatic N) is 2. The first-order chi connectivity index (χ1) is 25.7. The maximum absolute atomic E-state index is 13.6. The number of nitrogens with one attached hydrogen (secondary N) is 3. The molecule has 4 N–H and O–H groups in total. The first-order valence-electron chi connectivity index (χ1n) is 18.0. The van der Waals surface area contributed by atoms with Crippen LogP contribution in [0.5, 0.6) is 0 Å². The number of ether oxygens (including phenoxy) is 3. The Balaban J connectivity index is 1.18. The van der Waals surface area contributed by atoms with Gasteiger partial charge in [-0.25, -0.2) is 0 Å². The lowest BCUT2D eigenvalue weighted by Crippen LogP contribution is -2.40. The molecule has 12 nitrogen and oxygen atoms in total. The average molecular weight is 722 g/mol. The fourth-order valence-corrected chi connectivity index (χ4v) is 6.64. The number of esters is 1. The molecule has 0 aliphatic heterocycles. The van der Waals surface area contributed by atoms with E-state index in [1.807, 2.05) is 62.4 Å². The molecule has 4 aromatic rings. The molecular formula is C41H47N5O7. The summed E-state index contributed by atoms with van der Waals surface area (Å²) in [6.45, 7) is 5.77. The number of amides is 2. The van der Waals surface area contributed by atoms with Crippen LogP contribution >= 0.6 is 0 Å². The molecule has 0 saturated heterocycles. The second-order valence-electron chi connectivity index (χ2n) is 13.6. The summed E-state index contributed by atoms with van der Waals surface area (Å²) in [6, 6.07) is 14.3. The Morgan fingerprint density at radius 3 is 1.85 bits per heavy atom. The molecule has 0 radical (unpaired) electrons. The van der Waals surface area contributed by atoms with E-state index in [9.17, 15) is 19.5 Å². The molecule has 2 aromatic carbocycles. The minimum absolute atomic E-state index is 0.226. The van der Waals surface area contributed by atoms with Crippen molar-refractivity contribution in [1.82, 2.24) is 15.3 Å². The van der Waals surface area contributed by atoms with Gasteiger partial charge in [-0.1, -0.05) is 24.3 Å². The third kappa shape index (κ3) is 8.63. The average Bonchev–Trinajstić information content (AvgIpc) is 4.09. The zero-order chi connectivity index (χ0) is 37.6. The molecule has 12 heteroatoms. The van der Waals surface area contributed by atoms with E-state index < -0.39 is 18.3 Å². The van der Waals surface area contributed by atoms with Crippen LogP contribution in [0.15, 0.2) is 60.9 Å². The summed E-state index contributed by atoms with van der Waals surface area (Å²) < 4.78 is 16.0. The Morgan fingerprint density at radius 2 is 1.34 bits per heavy atom. The molecule has 2 aliphatic carbocycles. The van der Waals surface area contributed by atoms with Crippen molar-refractivity contribution in [2.45, 2.75) is 77.2 Å². The number of aliphatic hydroxyl groups is 1. The molecule has 2 fully saturated rings. The Morgan fingerprint density at radius 1 is 0.811 bits per heavy atom. The van der Waals surface area contributed by atoms with Crippen LogP contribution in [0.2, 0.25) is 0 Å². The third-order valence-corrected chi connectivity index (χ3v) is 9.92. The molecule has 2 aliphatic rings. The van der Waals surface area contributed by atoms with E-state index in [0.717, 1.165) is 70.2 Å². The SMILES string of the molecule is CCOC(=O)[C@@H](CO)NCc1cnc(C(=O)Nc2cccc(-c3cccc(NC(=O)c4cc(C5CC5)c(C(OC)OC)cn4)c3C)c2C)cc1C1CC1. The number of carbonyl (C=O) groups excluding carboxylic acids is 3. The summed E-state index contributed by atoms with van der Waals surface area (Å²) in [4.78, 5) is 48.2. The van der Waals surface area contributed by atoms with Crippen LogP contribution in [-0.2, 0) is 25.5 Å². The predicted octanol–water partition coefficient (Wildman–Crippen LogP) is 6.32. The van der Waals surface area contributed by atoms with Crippen molar-refractivity contribution < 1.29 is 33.7 Å². The molecule has 2 saturated carbocycles. The number of rotatable bonds is 16. The number of aliphatic hydroxyl groups excluding tert-OH is 1. The molecule has 0 bridgehead atoms. The van der Waals surface area contributed by atoms with Crippen molar-refractivity contribution in [2.75, 3.05) is 38.1 Å². The molecule has 1 atom stereocenters. The Labute approximate surface area is 309 Å². The lowest BCUT2D eigenvalue weighted by molar-refractivity contribution is -0.146. The lowest BCUT2D eigenvalue weighted by Gasteiger charge is -2.19. The van der Waals surface area contributed by atoms with Crippen molar-refractivity contribution in [1.29, 1.82) is 0 Å². The van der Waals surface area contributed by atoms with E-state index in [-0.39, 0.29) is 30.7 Å². The van der Waals surface area contributed by atoms with Gasteiger partial charge >= 0.3 is 5.97 Å².